The van der Waals surface area contributed by atoms with Crippen molar-refractivity contribution in [3.63, 3.8) is 0 Å². The average Bonchev–Trinajstić information content (AvgIpc) is 3.12. The summed E-state index contributed by atoms with van der Waals surface area (Å²) in [5.41, 5.74) is 0.483. The molecule has 2 heterocycles. The Bertz CT molecular complexity index is 937. The molecular formula is C22H26N2O5. The summed E-state index contributed by atoms with van der Waals surface area (Å²) in [7, 11) is 4.90. The normalized spacial score (nSPS) is 23.8. The molecule has 0 unspecified atom stereocenters. The van der Waals surface area contributed by atoms with Crippen molar-refractivity contribution in [2.75, 3.05) is 26.2 Å². The Morgan fingerprint density at radius 1 is 1.14 bits per heavy atom. The Kier molecular flexibility index (Phi) is 5.08. The van der Waals surface area contributed by atoms with E-state index in [0.717, 1.165) is 11.5 Å². The molecule has 29 heavy (non-hydrogen) atoms. The molecule has 0 bridgehead atoms. The Labute approximate surface area is 170 Å². The van der Waals surface area contributed by atoms with Gasteiger partial charge in [-0.25, -0.2) is 4.90 Å². The molecule has 1 aliphatic heterocycles. The lowest BCUT2D eigenvalue weighted by atomic mass is 10.2. The minimum Gasteiger partial charge on any atom is -0.493 e. The van der Waals surface area contributed by atoms with Crippen LogP contribution in [0, 0.1) is 5.92 Å². The predicted molar refractivity (Wildman–Crippen MR) is 107 cm³/mol. The van der Waals surface area contributed by atoms with E-state index in [1.165, 1.54) is 18.4 Å². The molecule has 1 aromatic carbocycles. The minimum atomic E-state index is -0.524. The van der Waals surface area contributed by atoms with Crippen LogP contribution in [-0.2, 0) is 16.1 Å². The molecule has 4 rings (SSSR count). The van der Waals surface area contributed by atoms with E-state index in [9.17, 15) is 9.59 Å². The lowest BCUT2D eigenvalue weighted by Crippen LogP contribution is -2.39. The standard InChI is InChI=1S/C22H26N2O5/c1-13-9-16(13)18-8-6-15(29-18)12-23(2)17-11-21(25)24(22(17)26)14-5-7-19(27-3)20(10-14)28-4/h5-8,10,13,16-17H,9,11-12H2,1-4H3/t13-,16-,17-/m0/s1. The zero-order valence-corrected chi connectivity index (χ0v) is 17.2. The smallest absolute Gasteiger partial charge is 0.251 e. The molecule has 3 atom stereocenters. The quantitative estimate of drug-likeness (QED) is 0.667. The molecule has 1 aromatic heterocycles. The summed E-state index contributed by atoms with van der Waals surface area (Å²) in [4.78, 5) is 28.8. The lowest BCUT2D eigenvalue weighted by Gasteiger charge is -2.22. The molecule has 0 spiro atoms. The Morgan fingerprint density at radius 2 is 1.86 bits per heavy atom. The van der Waals surface area contributed by atoms with E-state index in [-0.39, 0.29) is 18.2 Å². The molecule has 2 fully saturated rings. The van der Waals surface area contributed by atoms with E-state index < -0.39 is 6.04 Å². The average molecular weight is 398 g/mol. The second-order valence-electron chi connectivity index (χ2n) is 7.87. The molecule has 1 aliphatic carbocycles. The van der Waals surface area contributed by atoms with Gasteiger partial charge >= 0.3 is 0 Å². The number of carbonyl (C=O) groups is 2. The number of hydrogen-bond donors (Lipinski definition) is 0. The molecule has 2 aliphatic rings. The van der Waals surface area contributed by atoms with Gasteiger partial charge in [0.15, 0.2) is 11.5 Å². The van der Waals surface area contributed by atoms with E-state index in [1.54, 1.807) is 25.3 Å². The SMILES string of the molecule is COc1ccc(N2C(=O)C[C@H](N(C)Cc3ccc([C@H]4C[C@@H]4C)o3)C2=O)cc1OC. The second kappa shape index (κ2) is 7.55. The van der Waals surface area contributed by atoms with Crippen LogP contribution < -0.4 is 14.4 Å². The molecule has 7 heteroatoms. The largest absolute Gasteiger partial charge is 0.493 e. The Morgan fingerprint density at radius 3 is 2.52 bits per heavy atom. The van der Waals surface area contributed by atoms with Crippen molar-refractivity contribution in [3.8, 4) is 11.5 Å². The second-order valence-corrected chi connectivity index (χ2v) is 7.87. The zero-order valence-electron chi connectivity index (χ0n) is 17.2. The third-order valence-electron chi connectivity index (χ3n) is 5.84. The summed E-state index contributed by atoms with van der Waals surface area (Å²) in [6.07, 6.45) is 1.30. The Hall–Kier alpha value is -2.80. The fraction of sp³-hybridized carbons (Fsp3) is 0.455. The highest BCUT2D eigenvalue weighted by molar-refractivity contribution is 6.22. The number of anilines is 1. The molecule has 2 aromatic rings. The van der Waals surface area contributed by atoms with Crippen molar-refractivity contribution in [2.24, 2.45) is 5.92 Å². The van der Waals surface area contributed by atoms with Crippen molar-refractivity contribution < 1.29 is 23.5 Å². The van der Waals surface area contributed by atoms with Gasteiger partial charge in [0.05, 0.1) is 38.9 Å². The summed E-state index contributed by atoms with van der Waals surface area (Å²) in [5, 5.41) is 0. The van der Waals surface area contributed by atoms with Gasteiger partial charge in [-0.2, -0.15) is 0 Å². The zero-order chi connectivity index (χ0) is 20.7. The molecule has 0 N–H and O–H groups in total. The maximum absolute atomic E-state index is 13.0. The van der Waals surface area contributed by atoms with E-state index >= 15 is 0 Å². The number of hydrogen-bond acceptors (Lipinski definition) is 6. The van der Waals surface area contributed by atoms with Crippen molar-refractivity contribution >= 4 is 17.5 Å². The van der Waals surface area contributed by atoms with Crippen LogP contribution in [-0.4, -0.2) is 44.0 Å². The van der Waals surface area contributed by atoms with Crippen LogP contribution in [0.1, 0.15) is 37.2 Å². The van der Waals surface area contributed by atoms with Gasteiger partial charge in [0, 0.05) is 12.0 Å². The number of likely N-dealkylation sites (N-methyl/N-ethyl adjacent to an activating group) is 1. The molecule has 2 amide bonds. The number of ether oxygens (including phenoxy) is 2. The lowest BCUT2D eigenvalue weighted by molar-refractivity contribution is -0.122. The summed E-state index contributed by atoms with van der Waals surface area (Å²) >= 11 is 0. The molecule has 154 valence electrons. The maximum Gasteiger partial charge on any atom is 0.251 e. The third kappa shape index (κ3) is 3.62. The van der Waals surface area contributed by atoms with Gasteiger partial charge in [0.25, 0.3) is 5.91 Å². The Balaban J connectivity index is 1.48. The summed E-state index contributed by atoms with van der Waals surface area (Å²) in [6.45, 7) is 2.69. The van der Waals surface area contributed by atoms with Gasteiger partial charge < -0.3 is 13.9 Å². The van der Waals surface area contributed by atoms with Gasteiger partial charge in [0.1, 0.15) is 11.5 Å². The first-order valence-corrected chi connectivity index (χ1v) is 9.80. The van der Waals surface area contributed by atoms with Gasteiger partial charge in [-0.15, -0.1) is 0 Å². The van der Waals surface area contributed by atoms with Crippen LogP contribution in [0.25, 0.3) is 0 Å². The number of amides is 2. The fourth-order valence-corrected chi connectivity index (χ4v) is 3.95. The van der Waals surface area contributed by atoms with Crippen LogP contribution in [0.2, 0.25) is 0 Å². The van der Waals surface area contributed by atoms with Gasteiger partial charge in [-0.3, -0.25) is 14.5 Å². The number of carbonyl (C=O) groups excluding carboxylic acids is 2. The van der Waals surface area contributed by atoms with Crippen molar-refractivity contribution in [3.05, 3.63) is 41.9 Å². The van der Waals surface area contributed by atoms with Crippen LogP contribution in [0.4, 0.5) is 5.69 Å². The number of benzene rings is 1. The van der Waals surface area contributed by atoms with Crippen LogP contribution in [0.15, 0.2) is 34.7 Å². The molecule has 0 radical (unpaired) electrons. The highest BCUT2D eigenvalue weighted by Gasteiger charge is 2.42. The van der Waals surface area contributed by atoms with Gasteiger partial charge in [-0.05, 0) is 43.7 Å². The van der Waals surface area contributed by atoms with E-state index in [4.69, 9.17) is 13.9 Å². The van der Waals surface area contributed by atoms with Gasteiger partial charge in [-0.1, -0.05) is 6.92 Å². The first-order valence-electron chi connectivity index (χ1n) is 9.80. The predicted octanol–water partition coefficient (Wildman–Crippen LogP) is 3.18. The molecule has 1 saturated heterocycles. The van der Waals surface area contributed by atoms with Crippen molar-refractivity contribution in [1.82, 2.24) is 4.90 Å². The van der Waals surface area contributed by atoms with Crippen molar-refractivity contribution in [1.29, 1.82) is 0 Å². The highest BCUT2D eigenvalue weighted by Crippen LogP contribution is 2.47. The summed E-state index contributed by atoms with van der Waals surface area (Å²) in [5.74, 6) is 3.56. The van der Waals surface area contributed by atoms with E-state index in [2.05, 4.69) is 6.92 Å². The number of imide groups is 1. The molecule has 7 nitrogen and oxygen atoms in total. The minimum absolute atomic E-state index is 0.136. The van der Waals surface area contributed by atoms with Crippen LogP contribution in [0.3, 0.4) is 0 Å². The number of nitrogens with zero attached hydrogens (tertiary/aromatic N) is 2. The maximum atomic E-state index is 13.0. The van der Waals surface area contributed by atoms with Gasteiger partial charge in [0.2, 0.25) is 5.91 Å². The number of methoxy groups -OCH3 is 2. The highest BCUT2D eigenvalue weighted by atomic mass is 16.5. The van der Waals surface area contributed by atoms with Crippen molar-refractivity contribution in [2.45, 2.75) is 38.3 Å². The molecule has 1 saturated carbocycles. The first-order chi connectivity index (χ1) is 13.9. The monoisotopic (exact) mass is 398 g/mol. The topological polar surface area (TPSA) is 72.2 Å². The number of rotatable bonds is 7. The van der Waals surface area contributed by atoms with E-state index in [1.807, 2.05) is 24.1 Å². The molecular weight excluding hydrogens is 372 g/mol. The first kappa shape index (κ1) is 19.5. The van der Waals surface area contributed by atoms with E-state index in [0.29, 0.717) is 35.6 Å². The van der Waals surface area contributed by atoms with Crippen LogP contribution >= 0.6 is 0 Å². The summed E-state index contributed by atoms with van der Waals surface area (Å²) < 4.78 is 16.5. The summed E-state index contributed by atoms with van der Waals surface area (Å²) in [6, 6.07) is 8.49. The van der Waals surface area contributed by atoms with Crippen LogP contribution in [0.5, 0.6) is 11.5 Å². The number of furan rings is 1. The third-order valence-corrected chi connectivity index (χ3v) is 5.84. The fourth-order valence-electron chi connectivity index (χ4n) is 3.95.